The van der Waals surface area contributed by atoms with E-state index in [-0.39, 0.29) is 17.5 Å². The van der Waals surface area contributed by atoms with Gasteiger partial charge in [-0.3, -0.25) is 9.59 Å². The Labute approximate surface area is 65.4 Å². The van der Waals surface area contributed by atoms with Gasteiger partial charge in [0.25, 0.3) is 0 Å². The van der Waals surface area contributed by atoms with E-state index >= 15 is 0 Å². The molecule has 2 aliphatic heterocycles. The molecule has 2 saturated heterocycles. The molecule has 0 radical (unpaired) electrons. The van der Waals surface area contributed by atoms with Gasteiger partial charge in [-0.05, 0) is 0 Å². The Bertz CT molecular complexity index is 192. The Hall–Kier alpha value is -0.700. The first-order valence-electron chi connectivity index (χ1n) is 4.05. The van der Waals surface area contributed by atoms with Crippen molar-refractivity contribution in [2.24, 2.45) is 5.92 Å². The minimum atomic E-state index is -0.266. The summed E-state index contributed by atoms with van der Waals surface area (Å²) in [4.78, 5) is 24.5. The van der Waals surface area contributed by atoms with Gasteiger partial charge in [-0.25, -0.2) is 0 Å². The van der Waals surface area contributed by atoms with E-state index in [1.54, 1.807) is 0 Å². The quantitative estimate of drug-likeness (QED) is 0.454. The lowest BCUT2D eigenvalue weighted by atomic mass is 9.87. The van der Waals surface area contributed by atoms with Gasteiger partial charge in [-0.15, -0.1) is 0 Å². The molecule has 0 aromatic heterocycles. The second-order valence-electron chi connectivity index (χ2n) is 3.29. The number of carbonyl (C=O) groups excluding carboxylic acids is 2. The van der Waals surface area contributed by atoms with Crippen LogP contribution in [0.2, 0.25) is 0 Å². The van der Waals surface area contributed by atoms with Crippen molar-refractivity contribution in [2.75, 3.05) is 19.6 Å². The summed E-state index contributed by atoms with van der Waals surface area (Å²) in [6.07, 6.45) is 1.16. The molecule has 0 aromatic rings. The monoisotopic (exact) mass is 153 g/mol. The van der Waals surface area contributed by atoms with Crippen LogP contribution < -0.4 is 0 Å². The first kappa shape index (κ1) is 6.98. The van der Waals surface area contributed by atoms with Gasteiger partial charge in [0.15, 0.2) is 0 Å². The van der Waals surface area contributed by atoms with Gasteiger partial charge in [0.2, 0.25) is 0 Å². The van der Waals surface area contributed by atoms with Crippen molar-refractivity contribution in [2.45, 2.75) is 12.8 Å². The number of carbonyl (C=O) groups is 2. The van der Waals surface area contributed by atoms with Crippen molar-refractivity contribution in [3.05, 3.63) is 0 Å². The van der Waals surface area contributed by atoms with Crippen LogP contribution in [0.3, 0.4) is 0 Å². The second-order valence-corrected chi connectivity index (χ2v) is 3.29. The number of fused-ring (bicyclic) bond motifs is 2. The number of ketones is 2. The Morgan fingerprint density at radius 1 is 1.09 bits per heavy atom. The highest BCUT2D eigenvalue weighted by atomic mass is 16.2. The summed E-state index contributed by atoms with van der Waals surface area (Å²) < 4.78 is 0. The lowest BCUT2D eigenvalue weighted by Gasteiger charge is -2.35. The minimum Gasteiger partial charge on any atom is -0.301 e. The topological polar surface area (TPSA) is 37.4 Å². The van der Waals surface area contributed by atoms with E-state index in [0.29, 0.717) is 19.4 Å². The largest absolute Gasteiger partial charge is 0.301 e. The van der Waals surface area contributed by atoms with Crippen molar-refractivity contribution in [3.8, 4) is 0 Å². The molecule has 2 aliphatic rings. The zero-order chi connectivity index (χ0) is 7.84. The number of piperidine rings is 2. The van der Waals surface area contributed by atoms with E-state index < -0.39 is 0 Å². The Balaban J connectivity index is 2.17. The minimum absolute atomic E-state index is 0.158. The van der Waals surface area contributed by atoms with Crippen molar-refractivity contribution in [1.29, 1.82) is 0 Å². The number of nitrogens with zero attached hydrogens (tertiary/aromatic N) is 1. The molecule has 0 aromatic carbocycles. The van der Waals surface area contributed by atoms with Crippen molar-refractivity contribution in [3.63, 3.8) is 0 Å². The van der Waals surface area contributed by atoms with Gasteiger partial charge in [-0.1, -0.05) is 0 Å². The smallest absolute Gasteiger partial charge is 0.145 e. The fourth-order valence-corrected chi connectivity index (χ4v) is 1.82. The van der Waals surface area contributed by atoms with E-state index in [4.69, 9.17) is 0 Å². The van der Waals surface area contributed by atoms with Gasteiger partial charge in [-0.2, -0.15) is 0 Å². The molecule has 2 fully saturated rings. The van der Waals surface area contributed by atoms with Crippen molar-refractivity contribution >= 4 is 11.6 Å². The maximum absolute atomic E-state index is 11.2. The fourth-order valence-electron chi connectivity index (χ4n) is 1.82. The molecule has 2 rings (SSSR count). The molecule has 0 atom stereocenters. The lowest BCUT2D eigenvalue weighted by molar-refractivity contribution is -0.139. The molecule has 2 bridgehead atoms. The third-order valence-corrected chi connectivity index (χ3v) is 2.57. The van der Waals surface area contributed by atoms with Crippen LogP contribution in [-0.2, 0) is 9.59 Å². The Kier molecular flexibility index (Phi) is 1.53. The summed E-state index contributed by atoms with van der Waals surface area (Å²) >= 11 is 0. The van der Waals surface area contributed by atoms with Gasteiger partial charge in [0.05, 0.1) is 5.92 Å². The summed E-state index contributed by atoms with van der Waals surface area (Å²) in [5.74, 6) is 0.0504. The number of Topliss-reactive ketones (excluding diaryl/α,β-unsaturated/α-hetero) is 2. The van der Waals surface area contributed by atoms with Crippen LogP contribution in [0.25, 0.3) is 0 Å². The number of rotatable bonds is 0. The summed E-state index contributed by atoms with van der Waals surface area (Å²) in [6.45, 7) is 2.42. The third-order valence-electron chi connectivity index (χ3n) is 2.57. The molecule has 0 N–H and O–H groups in total. The SMILES string of the molecule is O=C1CCN2CCC(=O)C1C2. The molecule has 3 heteroatoms. The van der Waals surface area contributed by atoms with Gasteiger partial charge >= 0.3 is 0 Å². The normalized spacial score (nSPS) is 37.5. The van der Waals surface area contributed by atoms with E-state index in [0.717, 1.165) is 13.1 Å². The van der Waals surface area contributed by atoms with Crippen molar-refractivity contribution < 1.29 is 9.59 Å². The maximum Gasteiger partial charge on any atom is 0.145 e. The molecular formula is C8H11NO2. The standard InChI is InChI=1S/C8H11NO2/c10-7-1-3-9-4-2-8(11)6(7)5-9/h6H,1-5H2. The molecule has 0 unspecified atom stereocenters. The highest BCUT2D eigenvalue weighted by Crippen LogP contribution is 2.20. The average Bonchev–Trinajstić information content (AvgIpc) is 2.02. The first-order chi connectivity index (χ1) is 5.27. The van der Waals surface area contributed by atoms with Gasteiger partial charge in [0, 0.05) is 32.5 Å². The first-order valence-corrected chi connectivity index (χ1v) is 4.05. The predicted molar refractivity (Wildman–Crippen MR) is 39.2 cm³/mol. The molecular weight excluding hydrogens is 142 g/mol. The highest BCUT2D eigenvalue weighted by molar-refractivity contribution is 6.03. The maximum atomic E-state index is 11.2. The number of hydrogen-bond donors (Lipinski definition) is 0. The molecule has 60 valence electrons. The van der Waals surface area contributed by atoms with Gasteiger partial charge in [0.1, 0.15) is 11.6 Å². The molecule has 0 aliphatic carbocycles. The molecule has 0 spiro atoms. The molecule has 0 saturated carbocycles. The lowest BCUT2D eigenvalue weighted by Crippen LogP contribution is -2.49. The Morgan fingerprint density at radius 2 is 1.64 bits per heavy atom. The summed E-state index contributed by atoms with van der Waals surface area (Å²) in [5.41, 5.74) is 0. The second kappa shape index (κ2) is 2.41. The zero-order valence-electron chi connectivity index (χ0n) is 6.38. The summed E-state index contributed by atoms with van der Waals surface area (Å²) in [7, 11) is 0. The van der Waals surface area contributed by atoms with Crippen LogP contribution in [0, 0.1) is 5.92 Å². The van der Waals surface area contributed by atoms with Gasteiger partial charge < -0.3 is 4.90 Å². The van der Waals surface area contributed by atoms with Crippen LogP contribution in [0.4, 0.5) is 0 Å². The fraction of sp³-hybridized carbons (Fsp3) is 0.750. The van der Waals surface area contributed by atoms with Crippen molar-refractivity contribution in [1.82, 2.24) is 4.90 Å². The van der Waals surface area contributed by atoms with Crippen LogP contribution in [0.5, 0.6) is 0 Å². The van der Waals surface area contributed by atoms with E-state index in [1.807, 2.05) is 0 Å². The predicted octanol–water partition coefficient (Wildman–Crippen LogP) is -0.150. The molecule has 11 heavy (non-hydrogen) atoms. The Morgan fingerprint density at radius 3 is 2.09 bits per heavy atom. The third kappa shape index (κ3) is 1.09. The van der Waals surface area contributed by atoms with Crippen LogP contribution >= 0.6 is 0 Å². The van der Waals surface area contributed by atoms with E-state index in [1.165, 1.54) is 0 Å². The summed E-state index contributed by atoms with van der Waals surface area (Å²) in [5, 5.41) is 0. The van der Waals surface area contributed by atoms with E-state index in [9.17, 15) is 9.59 Å². The highest BCUT2D eigenvalue weighted by Gasteiger charge is 2.35. The average molecular weight is 153 g/mol. The van der Waals surface area contributed by atoms with Crippen LogP contribution in [0.15, 0.2) is 0 Å². The molecule has 2 heterocycles. The summed E-state index contributed by atoms with van der Waals surface area (Å²) in [6, 6.07) is 0. The van der Waals surface area contributed by atoms with E-state index in [2.05, 4.69) is 4.90 Å². The van der Waals surface area contributed by atoms with Crippen LogP contribution in [-0.4, -0.2) is 36.1 Å². The van der Waals surface area contributed by atoms with Crippen LogP contribution in [0.1, 0.15) is 12.8 Å². The zero-order valence-corrected chi connectivity index (χ0v) is 6.38. The molecule has 3 nitrogen and oxygen atoms in total. The number of hydrogen-bond acceptors (Lipinski definition) is 3. The molecule has 0 amide bonds.